The van der Waals surface area contributed by atoms with Crippen LogP contribution in [0.4, 0.5) is 8.78 Å². The molecule has 1 aromatic carbocycles. The minimum absolute atomic E-state index is 0.109. The van der Waals surface area contributed by atoms with E-state index in [0.717, 1.165) is 0 Å². The van der Waals surface area contributed by atoms with Crippen molar-refractivity contribution >= 4 is 15.9 Å². The van der Waals surface area contributed by atoms with Crippen LogP contribution in [0.25, 0.3) is 0 Å². The predicted molar refractivity (Wildman–Crippen MR) is 45.8 cm³/mol. The molecule has 1 nitrogen and oxygen atoms in total. The van der Waals surface area contributed by atoms with Gasteiger partial charge < -0.3 is 4.74 Å². The predicted octanol–water partition coefficient (Wildman–Crippen LogP) is 3.14. The number of hydrogen-bond acceptors (Lipinski definition) is 1. The van der Waals surface area contributed by atoms with E-state index in [0.29, 0.717) is 5.75 Å². The van der Waals surface area contributed by atoms with Crippen molar-refractivity contribution < 1.29 is 13.5 Å². The van der Waals surface area contributed by atoms with Crippen LogP contribution >= 0.6 is 15.9 Å². The number of alkyl halides is 3. The van der Waals surface area contributed by atoms with E-state index in [1.165, 1.54) is 25.3 Å². The molecular weight excluding hydrogens is 230 g/mol. The van der Waals surface area contributed by atoms with Gasteiger partial charge in [-0.3, -0.25) is 0 Å². The van der Waals surface area contributed by atoms with Crippen molar-refractivity contribution in [2.45, 2.75) is 4.83 Å². The molecular formula is C8H7BrF2O. The van der Waals surface area contributed by atoms with E-state index in [-0.39, 0.29) is 5.56 Å². The van der Waals surface area contributed by atoms with Gasteiger partial charge in [0.05, 0.1) is 7.11 Å². The summed E-state index contributed by atoms with van der Waals surface area (Å²) in [5, 5.41) is 0. The van der Waals surface area contributed by atoms with Gasteiger partial charge in [-0.1, -0.05) is 12.1 Å². The summed E-state index contributed by atoms with van der Waals surface area (Å²) in [5.74, 6) is 0.423. The van der Waals surface area contributed by atoms with Crippen LogP contribution in [0.1, 0.15) is 5.56 Å². The molecule has 1 rings (SSSR count). The molecule has 0 aromatic heterocycles. The minimum Gasteiger partial charge on any atom is -0.497 e. The zero-order valence-corrected chi connectivity index (χ0v) is 7.94. The Balaban J connectivity index is 3.02. The van der Waals surface area contributed by atoms with Gasteiger partial charge in [-0.15, -0.1) is 0 Å². The van der Waals surface area contributed by atoms with Gasteiger partial charge in [0.2, 0.25) is 0 Å². The standard InChI is InChI=1S/C8H7BrF2O/c1-12-7-4-2-3-6(5-7)8(9,10)11/h2-5H,1H3. The Morgan fingerprint density at radius 3 is 2.58 bits per heavy atom. The molecule has 0 radical (unpaired) electrons. The highest BCUT2D eigenvalue weighted by Crippen LogP contribution is 2.35. The van der Waals surface area contributed by atoms with E-state index in [2.05, 4.69) is 15.9 Å². The van der Waals surface area contributed by atoms with Crippen LogP contribution in [0.15, 0.2) is 24.3 Å². The van der Waals surface area contributed by atoms with Gasteiger partial charge in [-0.2, -0.15) is 8.78 Å². The first-order valence-electron chi connectivity index (χ1n) is 3.25. The number of rotatable bonds is 2. The van der Waals surface area contributed by atoms with Crippen LogP contribution in [0.5, 0.6) is 5.75 Å². The van der Waals surface area contributed by atoms with Gasteiger partial charge in [0, 0.05) is 5.56 Å². The van der Waals surface area contributed by atoms with Crippen molar-refractivity contribution in [2.24, 2.45) is 0 Å². The Morgan fingerprint density at radius 1 is 1.42 bits per heavy atom. The summed E-state index contributed by atoms with van der Waals surface area (Å²) in [7, 11) is 1.44. The molecule has 66 valence electrons. The number of benzene rings is 1. The molecule has 0 spiro atoms. The second-order valence-corrected chi connectivity index (χ2v) is 3.23. The average molecular weight is 237 g/mol. The summed E-state index contributed by atoms with van der Waals surface area (Å²) >= 11 is 2.26. The molecule has 4 heteroatoms. The number of methoxy groups -OCH3 is 1. The summed E-state index contributed by atoms with van der Waals surface area (Å²) in [5.41, 5.74) is -0.109. The quantitative estimate of drug-likeness (QED) is 0.718. The zero-order chi connectivity index (χ0) is 9.19. The lowest BCUT2D eigenvalue weighted by molar-refractivity contribution is 0.114. The van der Waals surface area contributed by atoms with Crippen LogP contribution in [-0.4, -0.2) is 7.11 Å². The second kappa shape index (κ2) is 3.39. The lowest BCUT2D eigenvalue weighted by atomic mass is 10.2. The summed E-state index contributed by atoms with van der Waals surface area (Å²) in [6.07, 6.45) is 0. The maximum Gasteiger partial charge on any atom is 0.326 e. The van der Waals surface area contributed by atoms with E-state index in [1.807, 2.05) is 0 Å². The highest BCUT2D eigenvalue weighted by Gasteiger charge is 2.26. The van der Waals surface area contributed by atoms with Gasteiger partial charge in [-0.25, -0.2) is 0 Å². The van der Waals surface area contributed by atoms with Crippen molar-refractivity contribution in [3.05, 3.63) is 29.8 Å². The highest BCUT2D eigenvalue weighted by atomic mass is 79.9. The molecule has 0 saturated heterocycles. The van der Waals surface area contributed by atoms with Crippen molar-refractivity contribution in [3.8, 4) is 5.75 Å². The fourth-order valence-corrected chi connectivity index (χ4v) is 1.05. The molecule has 0 aliphatic carbocycles. The maximum absolute atomic E-state index is 12.6. The molecule has 0 atom stereocenters. The van der Waals surface area contributed by atoms with Crippen LogP contribution in [0.3, 0.4) is 0 Å². The molecule has 0 bridgehead atoms. The highest BCUT2D eigenvalue weighted by molar-refractivity contribution is 9.09. The molecule has 0 unspecified atom stereocenters. The van der Waals surface area contributed by atoms with Crippen LogP contribution < -0.4 is 4.74 Å². The minimum atomic E-state index is -2.98. The number of hydrogen-bond donors (Lipinski definition) is 0. The Morgan fingerprint density at radius 2 is 2.08 bits per heavy atom. The summed E-state index contributed by atoms with van der Waals surface area (Å²) in [4.78, 5) is -2.98. The number of halogens is 3. The lowest BCUT2D eigenvalue weighted by Gasteiger charge is -2.09. The third-order valence-corrected chi connectivity index (χ3v) is 1.85. The smallest absolute Gasteiger partial charge is 0.326 e. The second-order valence-electron chi connectivity index (χ2n) is 2.23. The van der Waals surface area contributed by atoms with Gasteiger partial charge in [-0.05, 0) is 28.1 Å². The summed E-state index contributed by atoms with van der Waals surface area (Å²) in [6, 6.07) is 5.75. The first-order valence-corrected chi connectivity index (χ1v) is 4.04. The Bertz CT molecular complexity index is 270. The lowest BCUT2D eigenvalue weighted by Crippen LogP contribution is -2.02. The molecule has 1 aromatic rings. The van der Waals surface area contributed by atoms with Crippen LogP contribution in [0, 0.1) is 0 Å². The molecule has 12 heavy (non-hydrogen) atoms. The Kier molecular flexibility index (Phi) is 2.67. The van der Waals surface area contributed by atoms with Crippen LogP contribution in [-0.2, 0) is 4.83 Å². The summed E-state index contributed by atoms with van der Waals surface area (Å²) < 4.78 is 30.1. The van der Waals surface area contributed by atoms with E-state index < -0.39 is 4.83 Å². The molecule has 0 amide bonds. The van der Waals surface area contributed by atoms with E-state index in [9.17, 15) is 8.78 Å². The Labute approximate surface area is 77.5 Å². The third-order valence-electron chi connectivity index (χ3n) is 1.40. The van der Waals surface area contributed by atoms with Crippen molar-refractivity contribution in [1.29, 1.82) is 0 Å². The molecule has 0 N–H and O–H groups in total. The van der Waals surface area contributed by atoms with E-state index in [4.69, 9.17) is 4.74 Å². The number of ether oxygens (including phenoxy) is 1. The van der Waals surface area contributed by atoms with Gasteiger partial charge in [0.15, 0.2) is 0 Å². The fourth-order valence-electron chi connectivity index (χ4n) is 0.799. The SMILES string of the molecule is COc1cccc(C(F)(F)Br)c1. The molecule has 0 heterocycles. The van der Waals surface area contributed by atoms with E-state index >= 15 is 0 Å². The molecule has 0 fully saturated rings. The topological polar surface area (TPSA) is 9.23 Å². The monoisotopic (exact) mass is 236 g/mol. The summed E-state index contributed by atoms with van der Waals surface area (Å²) in [6.45, 7) is 0. The van der Waals surface area contributed by atoms with Crippen molar-refractivity contribution in [2.75, 3.05) is 7.11 Å². The van der Waals surface area contributed by atoms with Gasteiger partial charge in [0.1, 0.15) is 5.75 Å². The van der Waals surface area contributed by atoms with E-state index in [1.54, 1.807) is 6.07 Å². The molecule has 0 aliphatic heterocycles. The fraction of sp³-hybridized carbons (Fsp3) is 0.250. The van der Waals surface area contributed by atoms with Crippen molar-refractivity contribution in [3.63, 3.8) is 0 Å². The first kappa shape index (κ1) is 9.45. The maximum atomic E-state index is 12.6. The Hall–Kier alpha value is -0.640. The van der Waals surface area contributed by atoms with Crippen LogP contribution in [0.2, 0.25) is 0 Å². The van der Waals surface area contributed by atoms with Gasteiger partial charge in [0.25, 0.3) is 0 Å². The first-order chi connectivity index (χ1) is 5.54. The van der Waals surface area contributed by atoms with Crippen molar-refractivity contribution in [1.82, 2.24) is 0 Å². The average Bonchev–Trinajstić information content (AvgIpc) is 2.03. The normalized spacial score (nSPS) is 11.3. The zero-order valence-electron chi connectivity index (χ0n) is 6.35. The molecule has 0 aliphatic rings. The molecule has 0 saturated carbocycles. The largest absolute Gasteiger partial charge is 0.497 e. The third kappa shape index (κ3) is 2.17. The van der Waals surface area contributed by atoms with Gasteiger partial charge >= 0.3 is 4.83 Å².